The van der Waals surface area contributed by atoms with Crippen molar-refractivity contribution in [1.29, 1.82) is 0 Å². The maximum atomic E-state index is 5.22. The zero-order valence-corrected chi connectivity index (χ0v) is 8.63. The lowest BCUT2D eigenvalue weighted by atomic mass is 10.1. The Hall–Kier alpha value is -1.51. The van der Waals surface area contributed by atoms with Crippen LogP contribution in [0.4, 0.5) is 5.69 Å². The Kier molecular flexibility index (Phi) is 2.15. The number of hydrogen-bond donors (Lipinski definition) is 0. The van der Waals surface area contributed by atoms with E-state index >= 15 is 0 Å². The highest BCUT2D eigenvalue weighted by Gasteiger charge is 2.15. The van der Waals surface area contributed by atoms with Crippen molar-refractivity contribution in [3.8, 4) is 11.5 Å². The SMILES string of the molecule is COc1cc2c(cc1OC)N=C(C)C2. The van der Waals surface area contributed by atoms with Gasteiger partial charge in [0.05, 0.1) is 19.9 Å². The van der Waals surface area contributed by atoms with Gasteiger partial charge in [-0.1, -0.05) is 0 Å². The van der Waals surface area contributed by atoms with Crippen LogP contribution < -0.4 is 9.47 Å². The van der Waals surface area contributed by atoms with Gasteiger partial charge in [-0.2, -0.15) is 0 Å². The van der Waals surface area contributed by atoms with E-state index < -0.39 is 0 Å². The van der Waals surface area contributed by atoms with E-state index in [2.05, 4.69) is 4.99 Å². The van der Waals surface area contributed by atoms with Gasteiger partial charge in [-0.05, 0) is 18.6 Å². The molecule has 0 unspecified atom stereocenters. The van der Waals surface area contributed by atoms with Crippen LogP contribution in [-0.4, -0.2) is 19.9 Å². The second kappa shape index (κ2) is 3.33. The first kappa shape index (κ1) is 9.06. The molecule has 14 heavy (non-hydrogen) atoms. The summed E-state index contributed by atoms with van der Waals surface area (Å²) in [5, 5.41) is 0. The molecule has 0 N–H and O–H groups in total. The fraction of sp³-hybridized carbons (Fsp3) is 0.364. The molecule has 74 valence electrons. The molecule has 0 fully saturated rings. The molecule has 1 aromatic carbocycles. The first-order valence-electron chi connectivity index (χ1n) is 4.53. The van der Waals surface area contributed by atoms with E-state index in [1.54, 1.807) is 14.2 Å². The van der Waals surface area contributed by atoms with Gasteiger partial charge in [0.2, 0.25) is 0 Å². The molecule has 0 aliphatic carbocycles. The summed E-state index contributed by atoms with van der Waals surface area (Å²) in [5.41, 5.74) is 3.34. The number of ether oxygens (including phenoxy) is 2. The van der Waals surface area contributed by atoms with Crippen LogP contribution in [0.2, 0.25) is 0 Å². The highest BCUT2D eigenvalue weighted by Crippen LogP contribution is 2.37. The van der Waals surface area contributed by atoms with Gasteiger partial charge < -0.3 is 9.47 Å². The van der Waals surface area contributed by atoms with E-state index in [9.17, 15) is 0 Å². The van der Waals surface area contributed by atoms with Gasteiger partial charge in [0, 0.05) is 18.2 Å². The van der Waals surface area contributed by atoms with E-state index in [4.69, 9.17) is 9.47 Å². The Morgan fingerprint density at radius 3 is 2.43 bits per heavy atom. The molecule has 1 aromatic rings. The number of hydrogen-bond acceptors (Lipinski definition) is 3. The number of fused-ring (bicyclic) bond motifs is 1. The average molecular weight is 191 g/mol. The lowest BCUT2D eigenvalue weighted by molar-refractivity contribution is 0.355. The Morgan fingerprint density at radius 1 is 1.14 bits per heavy atom. The third-order valence-corrected chi connectivity index (χ3v) is 2.34. The van der Waals surface area contributed by atoms with Crippen LogP contribution >= 0.6 is 0 Å². The molecule has 3 nitrogen and oxygen atoms in total. The van der Waals surface area contributed by atoms with Crippen LogP contribution in [0.5, 0.6) is 11.5 Å². The summed E-state index contributed by atoms with van der Waals surface area (Å²) in [4.78, 5) is 4.42. The van der Waals surface area contributed by atoms with Crippen molar-refractivity contribution in [3.05, 3.63) is 17.7 Å². The van der Waals surface area contributed by atoms with E-state index in [1.165, 1.54) is 5.56 Å². The molecule has 1 aliphatic rings. The topological polar surface area (TPSA) is 30.8 Å². The molecule has 3 heteroatoms. The molecule has 0 bridgehead atoms. The van der Waals surface area contributed by atoms with Crippen molar-refractivity contribution in [3.63, 3.8) is 0 Å². The third-order valence-electron chi connectivity index (χ3n) is 2.34. The van der Waals surface area contributed by atoms with Crippen LogP contribution in [-0.2, 0) is 6.42 Å². The number of methoxy groups -OCH3 is 2. The molecule has 2 rings (SSSR count). The van der Waals surface area contributed by atoms with Gasteiger partial charge in [-0.25, -0.2) is 0 Å². The van der Waals surface area contributed by atoms with Gasteiger partial charge in [0.25, 0.3) is 0 Å². The van der Waals surface area contributed by atoms with Crippen molar-refractivity contribution >= 4 is 11.4 Å². The molecule has 0 atom stereocenters. The molecule has 1 aliphatic heterocycles. The van der Waals surface area contributed by atoms with E-state index in [1.807, 2.05) is 19.1 Å². The summed E-state index contributed by atoms with van der Waals surface area (Å²) in [6.07, 6.45) is 0.912. The van der Waals surface area contributed by atoms with Crippen LogP contribution in [0, 0.1) is 0 Å². The average Bonchev–Trinajstić information content (AvgIpc) is 2.54. The predicted molar refractivity (Wildman–Crippen MR) is 56.0 cm³/mol. The normalized spacial score (nSPS) is 13.5. The molecular formula is C11H13NO2. The van der Waals surface area contributed by atoms with Gasteiger partial charge in [-0.3, -0.25) is 4.99 Å². The molecule has 0 amide bonds. The molecule has 0 radical (unpaired) electrons. The molecule has 0 spiro atoms. The van der Waals surface area contributed by atoms with Crippen molar-refractivity contribution in [2.75, 3.05) is 14.2 Å². The summed E-state index contributed by atoms with van der Waals surface area (Å²) in [6, 6.07) is 3.92. The molecule has 0 saturated heterocycles. The van der Waals surface area contributed by atoms with Gasteiger partial charge in [0.1, 0.15) is 0 Å². The summed E-state index contributed by atoms with van der Waals surface area (Å²) in [7, 11) is 3.28. The summed E-state index contributed by atoms with van der Waals surface area (Å²) in [6.45, 7) is 2.03. The zero-order valence-electron chi connectivity index (χ0n) is 8.63. The largest absolute Gasteiger partial charge is 0.493 e. The van der Waals surface area contributed by atoms with Gasteiger partial charge >= 0.3 is 0 Å². The Labute approximate surface area is 83.4 Å². The van der Waals surface area contributed by atoms with Crippen LogP contribution in [0.25, 0.3) is 0 Å². The minimum Gasteiger partial charge on any atom is -0.493 e. The summed E-state index contributed by atoms with van der Waals surface area (Å²) in [5.74, 6) is 1.51. The second-order valence-corrected chi connectivity index (χ2v) is 3.36. The fourth-order valence-corrected chi connectivity index (χ4v) is 1.68. The summed E-state index contributed by atoms with van der Waals surface area (Å²) >= 11 is 0. The third kappa shape index (κ3) is 1.35. The van der Waals surface area contributed by atoms with Crippen molar-refractivity contribution in [1.82, 2.24) is 0 Å². The smallest absolute Gasteiger partial charge is 0.162 e. The van der Waals surface area contributed by atoms with Crippen molar-refractivity contribution in [2.24, 2.45) is 4.99 Å². The number of benzene rings is 1. The molecular weight excluding hydrogens is 178 g/mol. The van der Waals surface area contributed by atoms with Crippen LogP contribution in [0.1, 0.15) is 12.5 Å². The Balaban J connectivity index is 2.49. The van der Waals surface area contributed by atoms with Gasteiger partial charge in [0.15, 0.2) is 11.5 Å². The highest BCUT2D eigenvalue weighted by atomic mass is 16.5. The Morgan fingerprint density at radius 2 is 1.79 bits per heavy atom. The lowest BCUT2D eigenvalue weighted by Gasteiger charge is -2.08. The van der Waals surface area contributed by atoms with Crippen molar-refractivity contribution < 1.29 is 9.47 Å². The summed E-state index contributed by atoms with van der Waals surface area (Å²) < 4.78 is 10.4. The van der Waals surface area contributed by atoms with Crippen LogP contribution in [0.3, 0.4) is 0 Å². The number of nitrogens with zero attached hydrogens (tertiary/aromatic N) is 1. The predicted octanol–water partition coefficient (Wildman–Crippen LogP) is 2.35. The Bertz CT molecular complexity index is 397. The lowest BCUT2D eigenvalue weighted by Crippen LogP contribution is -1.93. The van der Waals surface area contributed by atoms with Crippen LogP contribution in [0.15, 0.2) is 17.1 Å². The maximum absolute atomic E-state index is 5.22. The maximum Gasteiger partial charge on any atom is 0.162 e. The van der Waals surface area contributed by atoms with E-state index in [0.29, 0.717) is 0 Å². The highest BCUT2D eigenvalue weighted by molar-refractivity contribution is 5.92. The quantitative estimate of drug-likeness (QED) is 0.718. The zero-order chi connectivity index (χ0) is 10.1. The number of rotatable bonds is 2. The monoisotopic (exact) mass is 191 g/mol. The standard InChI is InChI=1S/C11H13NO2/c1-7-4-8-5-10(13-2)11(14-3)6-9(8)12-7/h5-6H,4H2,1-3H3. The fourth-order valence-electron chi connectivity index (χ4n) is 1.68. The van der Waals surface area contributed by atoms with E-state index in [-0.39, 0.29) is 0 Å². The molecule has 1 heterocycles. The second-order valence-electron chi connectivity index (χ2n) is 3.36. The molecule has 0 aromatic heterocycles. The van der Waals surface area contributed by atoms with Crippen molar-refractivity contribution in [2.45, 2.75) is 13.3 Å². The number of aliphatic imine (C=N–C) groups is 1. The van der Waals surface area contributed by atoms with E-state index in [0.717, 1.165) is 29.3 Å². The minimum atomic E-state index is 0.740. The molecule has 0 saturated carbocycles. The first-order valence-corrected chi connectivity index (χ1v) is 4.53. The minimum absolute atomic E-state index is 0.740. The van der Waals surface area contributed by atoms with Gasteiger partial charge in [-0.15, -0.1) is 0 Å². The first-order chi connectivity index (χ1) is 6.74.